The van der Waals surface area contributed by atoms with Crippen molar-refractivity contribution in [1.82, 2.24) is 9.97 Å². The van der Waals surface area contributed by atoms with E-state index in [1.165, 1.54) is 49.1 Å². The number of aromatic amines is 1. The summed E-state index contributed by atoms with van der Waals surface area (Å²) in [5.74, 6) is 0.569. The van der Waals surface area contributed by atoms with Crippen LogP contribution in [-0.2, 0) is 19.3 Å². The summed E-state index contributed by atoms with van der Waals surface area (Å²) in [5.41, 5.74) is 9.66. The van der Waals surface area contributed by atoms with Crippen molar-refractivity contribution < 1.29 is 0 Å². The average molecular weight is 285 g/mol. The number of nitrogen functional groups attached to an aromatic ring is 1. The highest BCUT2D eigenvalue weighted by Gasteiger charge is 2.08. The van der Waals surface area contributed by atoms with Gasteiger partial charge in [-0.05, 0) is 44.1 Å². The molecule has 0 radical (unpaired) electrons. The molecule has 2 aromatic rings. The van der Waals surface area contributed by atoms with Gasteiger partial charge in [0.15, 0.2) is 5.95 Å². The quantitative estimate of drug-likeness (QED) is 0.675. The SMILES string of the molecule is CCCCCc1[nH]c(N)nc1CCCCc1ccccc1. The standard InChI is InChI=1S/C18H27N3/c1-2-3-5-13-16-17(21-18(19)20-16)14-9-8-12-15-10-6-4-7-11-15/h4,6-7,10-11H,2-3,5,8-9,12-14H2,1H3,(H3,19,20,21). The second-order valence-electron chi connectivity index (χ2n) is 5.70. The van der Waals surface area contributed by atoms with Gasteiger partial charge >= 0.3 is 0 Å². The molecule has 0 aliphatic heterocycles. The number of nitrogens with one attached hydrogen (secondary N) is 1. The molecular formula is C18H27N3. The number of H-pyrrole nitrogens is 1. The van der Waals surface area contributed by atoms with E-state index in [1.54, 1.807) is 0 Å². The van der Waals surface area contributed by atoms with Crippen molar-refractivity contribution in [3.8, 4) is 0 Å². The first-order valence-corrected chi connectivity index (χ1v) is 8.16. The molecule has 0 aliphatic rings. The van der Waals surface area contributed by atoms with Crippen LogP contribution in [0.4, 0.5) is 5.95 Å². The average Bonchev–Trinajstić information content (AvgIpc) is 2.85. The molecule has 0 spiro atoms. The van der Waals surface area contributed by atoms with Gasteiger partial charge in [-0.3, -0.25) is 0 Å². The zero-order chi connectivity index (χ0) is 14.9. The van der Waals surface area contributed by atoms with Crippen LogP contribution in [0, 0.1) is 0 Å². The van der Waals surface area contributed by atoms with Gasteiger partial charge in [0.05, 0.1) is 5.69 Å². The number of hydrogen-bond acceptors (Lipinski definition) is 2. The van der Waals surface area contributed by atoms with Crippen LogP contribution in [0.2, 0.25) is 0 Å². The lowest BCUT2D eigenvalue weighted by molar-refractivity contribution is 0.688. The molecule has 1 aromatic heterocycles. The van der Waals surface area contributed by atoms with Crippen molar-refractivity contribution in [3.05, 3.63) is 47.3 Å². The zero-order valence-corrected chi connectivity index (χ0v) is 13.1. The third-order valence-electron chi connectivity index (χ3n) is 3.88. The maximum atomic E-state index is 5.81. The number of rotatable bonds is 9. The van der Waals surface area contributed by atoms with Crippen molar-refractivity contribution in [2.24, 2.45) is 0 Å². The molecule has 3 nitrogen and oxygen atoms in total. The van der Waals surface area contributed by atoms with Crippen LogP contribution in [0.1, 0.15) is 56.0 Å². The molecule has 1 heterocycles. The van der Waals surface area contributed by atoms with E-state index in [-0.39, 0.29) is 0 Å². The molecule has 0 unspecified atom stereocenters. The predicted octanol–water partition coefficient (Wildman–Crippen LogP) is 4.29. The van der Waals surface area contributed by atoms with Crippen LogP contribution in [-0.4, -0.2) is 9.97 Å². The Morgan fingerprint density at radius 1 is 0.952 bits per heavy atom. The van der Waals surface area contributed by atoms with Gasteiger partial charge in [0.1, 0.15) is 0 Å². The zero-order valence-electron chi connectivity index (χ0n) is 13.1. The summed E-state index contributed by atoms with van der Waals surface area (Å²) in [6, 6.07) is 10.7. The Morgan fingerprint density at radius 2 is 1.67 bits per heavy atom. The van der Waals surface area contributed by atoms with Crippen LogP contribution < -0.4 is 5.73 Å². The summed E-state index contributed by atoms with van der Waals surface area (Å²) in [4.78, 5) is 7.68. The van der Waals surface area contributed by atoms with Gasteiger partial charge in [0, 0.05) is 5.69 Å². The highest BCUT2D eigenvalue weighted by molar-refractivity contribution is 5.26. The van der Waals surface area contributed by atoms with Gasteiger partial charge in [-0.25, -0.2) is 4.98 Å². The summed E-state index contributed by atoms with van der Waals surface area (Å²) in [5, 5.41) is 0. The molecule has 0 bridgehead atoms. The van der Waals surface area contributed by atoms with Gasteiger partial charge in [-0.2, -0.15) is 0 Å². The molecule has 0 fully saturated rings. The molecule has 0 aliphatic carbocycles. The fourth-order valence-electron chi connectivity index (χ4n) is 2.70. The van der Waals surface area contributed by atoms with E-state index in [0.29, 0.717) is 5.95 Å². The van der Waals surface area contributed by atoms with E-state index in [4.69, 9.17) is 5.73 Å². The fourth-order valence-corrected chi connectivity index (χ4v) is 2.70. The molecule has 3 N–H and O–H groups in total. The second kappa shape index (κ2) is 8.50. The predicted molar refractivity (Wildman–Crippen MR) is 89.3 cm³/mol. The Labute approximate surface area is 128 Å². The molecule has 0 amide bonds. The van der Waals surface area contributed by atoms with Crippen LogP contribution in [0.25, 0.3) is 0 Å². The van der Waals surface area contributed by atoms with E-state index >= 15 is 0 Å². The number of anilines is 1. The van der Waals surface area contributed by atoms with Crippen molar-refractivity contribution in [2.75, 3.05) is 5.73 Å². The lowest BCUT2D eigenvalue weighted by atomic mass is 10.0. The third-order valence-corrected chi connectivity index (χ3v) is 3.88. The Hall–Kier alpha value is -1.77. The number of aromatic nitrogens is 2. The van der Waals surface area contributed by atoms with Crippen LogP contribution in [0.15, 0.2) is 30.3 Å². The highest BCUT2D eigenvalue weighted by atomic mass is 15.0. The third kappa shape index (κ3) is 5.25. The Bertz CT molecular complexity index is 517. The molecule has 0 saturated carbocycles. The van der Waals surface area contributed by atoms with E-state index in [1.807, 2.05) is 0 Å². The Balaban J connectivity index is 1.77. The van der Waals surface area contributed by atoms with Crippen molar-refractivity contribution in [3.63, 3.8) is 0 Å². The molecule has 1 aromatic carbocycles. The normalized spacial score (nSPS) is 10.9. The van der Waals surface area contributed by atoms with Gasteiger partial charge in [-0.1, -0.05) is 50.1 Å². The number of nitrogens with two attached hydrogens (primary N) is 1. The van der Waals surface area contributed by atoms with E-state index in [0.717, 1.165) is 19.3 Å². The minimum absolute atomic E-state index is 0.569. The van der Waals surface area contributed by atoms with Crippen LogP contribution >= 0.6 is 0 Å². The van der Waals surface area contributed by atoms with Crippen molar-refractivity contribution in [2.45, 2.75) is 58.3 Å². The summed E-state index contributed by atoms with van der Waals surface area (Å²) in [6.07, 6.45) is 9.35. The van der Waals surface area contributed by atoms with E-state index in [2.05, 4.69) is 47.2 Å². The lowest BCUT2D eigenvalue weighted by Gasteiger charge is -2.03. The van der Waals surface area contributed by atoms with Gasteiger partial charge in [-0.15, -0.1) is 0 Å². The lowest BCUT2D eigenvalue weighted by Crippen LogP contribution is -1.95. The number of unbranched alkanes of at least 4 members (excludes halogenated alkanes) is 3. The highest BCUT2D eigenvalue weighted by Crippen LogP contribution is 2.15. The van der Waals surface area contributed by atoms with Gasteiger partial charge in [0.2, 0.25) is 0 Å². The van der Waals surface area contributed by atoms with E-state index in [9.17, 15) is 0 Å². The summed E-state index contributed by atoms with van der Waals surface area (Å²) in [6.45, 7) is 2.23. The molecule has 3 heteroatoms. The first-order chi connectivity index (χ1) is 10.3. The summed E-state index contributed by atoms with van der Waals surface area (Å²) in [7, 11) is 0. The monoisotopic (exact) mass is 285 g/mol. The van der Waals surface area contributed by atoms with Crippen LogP contribution in [0.5, 0.6) is 0 Å². The maximum Gasteiger partial charge on any atom is 0.197 e. The molecule has 114 valence electrons. The maximum absolute atomic E-state index is 5.81. The van der Waals surface area contributed by atoms with Crippen molar-refractivity contribution in [1.29, 1.82) is 0 Å². The summed E-state index contributed by atoms with van der Waals surface area (Å²) < 4.78 is 0. The number of aryl methyl sites for hydroxylation is 3. The minimum Gasteiger partial charge on any atom is -0.369 e. The molecule has 2 rings (SSSR count). The molecule has 0 saturated heterocycles. The Kier molecular flexibility index (Phi) is 6.32. The fraction of sp³-hybridized carbons (Fsp3) is 0.500. The Morgan fingerprint density at radius 3 is 2.43 bits per heavy atom. The number of imidazole rings is 1. The molecule has 0 atom stereocenters. The first kappa shape index (κ1) is 15.6. The van der Waals surface area contributed by atoms with Crippen molar-refractivity contribution >= 4 is 5.95 Å². The van der Waals surface area contributed by atoms with E-state index < -0.39 is 0 Å². The van der Waals surface area contributed by atoms with Gasteiger partial charge in [0.25, 0.3) is 0 Å². The second-order valence-corrected chi connectivity index (χ2v) is 5.70. The topological polar surface area (TPSA) is 54.7 Å². The molecule has 21 heavy (non-hydrogen) atoms. The number of nitrogens with zero attached hydrogens (tertiary/aromatic N) is 1. The van der Waals surface area contributed by atoms with Crippen LogP contribution in [0.3, 0.4) is 0 Å². The summed E-state index contributed by atoms with van der Waals surface area (Å²) >= 11 is 0. The largest absolute Gasteiger partial charge is 0.369 e. The first-order valence-electron chi connectivity index (χ1n) is 8.16. The van der Waals surface area contributed by atoms with Gasteiger partial charge < -0.3 is 10.7 Å². The minimum atomic E-state index is 0.569. The number of benzene rings is 1. The smallest absolute Gasteiger partial charge is 0.197 e. The number of hydrogen-bond donors (Lipinski definition) is 2. The molecular weight excluding hydrogens is 258 g/mol.